The second kappa shape index (κ2) is 8.03. The van der Waals surface area contributed by atoms with Crippen LogP contribution in [0.1, 0.15) is 16.7 Å². The number of hydrogen-bond acceptors (Lipinski definition) is 2. The van der Waals surface area contributed by atoms with Crippen molar-refractivity contribution in [3.8, 4) is 0 Å². The molecule has 1 aliphatic heterocycles. The zero-order chi connectivity index (χ0) is 19.7. The second-order valence-corrected chi connectivity index (χ2v) is 8.40. The number of nitrogens with one attached hydrogen (secondary N) is 1. The number of halogens is 3. The normalized spacial score (nSPS) is 14.9. The van der Waals surface area contributed by atoms with Crippen molar-refractivity contribution >= 4 is 66.8 Å². The van der Waals surface area contributed by atoms with Crippen LogP contribution in [0.5, 0.6) is 0 Å². The molecule has 3 nitrogen and oxygen atoms in total. The monoisotopic (exact) mass is 514 g/mol. The lowest BCUT2D eigenvalue weighted by atomic mass is 10.0. The van der Waals surface area contributed by atoms with Crippen LogP contribution in [-0.2, 0) is 4.79 Å². The van der Waals surface area contributed by atoms with Gasteiger partial charge in [0.15, 0.2) is 0 Å². The van der Waals surface area contributed by atoms with Gasteiger partial charge >= 0.3 is 0 Å². The first-order valence-corrected chi connectivity index (χ1v) is 10.4. The minimum atomic E-state index is -0.270. The van der Waals surface area contributed by atoms with E-state index in [9.17, 15) is 4.79 Å². The molecular formula is C22H13Br2ClN2O. The van der Waals surface area contributed by atoms with E-state index in [4.69, 9.17) is 16.6 Å². The summed E-state index contributed by atoms with van der Waals surface area (Å²) in [6.07, 6.45) is 1.76. The zero-order valence-electron chi connectivity index (χ0n) is 14.4. The minimum absolute atomic E-state index is 0.270. The van der Waals surface area contributed by atoms with Crippen LogP contribution >= 0.6 is 43.5 Å². The number of aliphatic imine (C=N–C) groups is 1. The number of nitrogens with zero attached hydrogens (tertiary/aromatic N) is 1. The van der Waals surface area contributed by atoms with Gasteiger partial charge in [-0.05, 0) is 48.0 Å². The van der Waals surface area contributed by atoms with E-state index in [1.54, 1.807) is 6.08 Å². The number of benzodiazepines with no additional fused rings is 1. The standard InChI is InChI=1S/C22H13Br2ClN2O/c23-14-7-5-13(6-8-14)11-20-22(28)27-19-10-9-15(24)12-17(19)21(26-20)16-3-1-2-4-18(16)25/h1-12H,(H,27,28). The summed E-state index contributed by atoms with van der Waals surface area (Å²) in [5.41, 5.74) is 4.08. The maximum absolute atomic E-state index is 12.9. The Labute approximate surface area is 184 Å². The Morgan fingerprint density at radius 2 is 1.61 bits per heavy atom. The summed E-state index contributed by atoms with van der Waals surface area (Å²) in [5.74, 6) is -0.270. The molecule has 1 N–H and O–H groups in total. The van der Waals surface area contributed by atoms with E-state index in [1.165, 1.54) is 0 Å². The third kappa shape index (κ3) is 3.97. The summed E-state index contributed by atoms with van der Waals surface area (Å²) in [6, 6.07) is 20.8. The van der Waals surface area contributed by atoms with Crippen LogP contribution in [0.25, 0.3) is 6.08 Å². The van der Waals surface area contributed by atoms with Gasteiger partial charge in [0.2, 0.25) is 0 Å². The Kier molecular flexibility index (Phi) is 5.49. The molecule has 0 radical (unpaired) electrons. The highest BCUT2D eigenvalue weighted by molar-refractivity contribution is 9.10. The summed E-state index contributed by atoms with van der Waals surface area (Å²) in [4.78, 5) is 17.6. The molecule has 0 bridgehead atoms. The molecule has 0 unspecified atom stereocenters. The maximum atomic E-state index is 12.9. The molecule has 138 valence electrons. The molecule has 4 rings (SSSR count). The van der Waals surface area contributed by atoms with Crippen molar-refractivity contribution in [2.45, 2.75) is 0 Å². The topological polar surface area (TPSA) is 41.5 Å². The van der Waals surface area contributed by atoms with E-state index in [-0.39, 0.29) is 5.91 Å². The van der Waals surface area contributed by atoms with Crippen LogP contribution in [-0.4, -0.2) is 11.6 Å². The summed E-state index contributed by atoms with van der Waals surface area (Å²) >= 11 is 13.4. The van der Waals surface area contributed by atoms with Crippen molar-refractivity contribution in [2.75, 3.05) is 5.32 Å². The summed E-state index contributed by atoms with van der Waals surface area (Å²) in [7, 11) is 0. The van der Waals surface area contributed by atoms with Crippen LogP contribution in [0.2, 0.25) is 5.02 Å². The molecule has 1 aliphatic rings. The largest absolute Gasteiger partial charge is 0.320 e. The van der Waals surface area contributed by atoms with Gasteiger partial charge < -0.3 is 5.32 Å². The van der Waals surface area contributed by atoms with Gasteiger partial charge in [-0.15, -0.1) is 0 Å². The Morgan fingerprint density at radius 1 is 0.893 bits per heavy atom. The smallest absolute Gasteiger partial charge is 0.274 e. The maximum Gasteiger partial charge on any atom is 0.274 e. The highest BCUT2D eigenvalue weighted by Crippen LogP contribution is 2.31. The van der Waals surface area contributed by atoms with Gasteiger partial charge in [0.1, 0.15) is 5.70 Å². The van der Waals surface area contributed by atoms with E-state index in [1.807, 2.05) is 66.7 Å². The number of hydrogen-bond donors (Lipinski definition) is 1. The molecule has 6 heteroatoms. The second-order valence-electron chi connectivity index (χ2n) is 6.17. The SMILES string of the molecule is O=C1Nc2ccc(Br)cc2C(c2ccccc2Cl)=NC1=Cc1ccc(Br)cc1. The molecular weight excluding hydrogens is 504 g/mol. The van der Waals surface area contributed by atoms with Crippen molar-refractivity contribution in [3.05, 3.63) is 103 Å². The van der Waals surface area contributed by atoms with Crippen molar-refractivity contribution in [2.24, 2.45) is 4.99 Å². The van der Waals surface area contributed by atoms with Crippen molar-refractivity contribution in [1.29, 1.82) is 0 Å². The zero-order valence-corrected chi connectivity index (χ0v) is 18.3. The van der Waals surface area contributed by atoms with Gasteiger partial charge in [0, 0.05) is 25.1 Å². The van der Waals surface area contributed by atoms with Crippen LogP contribution in [0.15, 0.2) is 86.4 Å². The third-order valence-corrected chi connectivity index (χ3v) is 5.60. The number of carbonyl (C=O) groups is 1. The minimum Gasteiger partial charge on any atom is -0.320 e. The average Bonchev–Trinajstić information content (AvgIpc) is 2.81. The Balaban J connectivity index is 1.94. The van der Waals surface area contributed by atoms with Gasteiger partial charge in [0.25, 0.3) is 5.91 Å². The van der Waals surface area contributed by atoms with Crippen LogP contribution < -0.4 is 5.32 Å². The molecule has 3 aromatic rings. The molecule has 1 amide bonds. The van der Waals surface area contributed by atoms with E-state index in [0.717, 1.165) is 25.6 Å². The highest BCUT2D eigenvalue weighted by atomic mass is 79.9. The van der Waals surface area contributed by atoms with Gasteiger partial charge in [-0.3, -0.25) is 4.79 Å². The summed E-state index contributed by atoms with van der Waals surface area (Å²) in [5, 5.41) is 3.53. The molecule has 3 aromatic carbocycles. The third-order valence-electron chi connectivity index (χ3n) is 4.25. The van der Waals surface area contributed by atoms with E-state index >= 15 is 0 Å². The predicted octanol–water partition coefficient (Wildman–Crippen LogP) is 6.70. The Hall–Kier alpha value is -2.21. The number of anilines is 1. The summed E-state index contributed by atoms with van der Waals surface area (Å²) < 4.78 is 1.86. The average molecular weight is 517 g/mol. The number of benzene rings is 3. The lowest BCUT2D eigenvalue weighted by Gasteiger charge is -2.11. The van der Waals surface area contributed by atoms with Crippen LogP contribution in [0.4, 0.5) is 5.69 Å². The van der Waals surface area contributed by atoms with Gasteiger partial charge in [-0.1, -0.05) is 73.8 Å². The first kappa shape index (κ1) is 19.1. The molecule has 0 spiro atoms. The summed E-state index contributed by atoms with van der Waals surface area (Å²) in [6.45, 7) is 0. The van der Waals surface area contributed by atoms with Gasteiger partial charge in [-0.2, -0.15) is 0 Å². The first-order chi connectivity index (χ1) is 13.5. The molecule has 0 fully saturated rings. The first-order valence-electron chi connectivity index (χ1n) is 8.43. The Bertz CT molecular complexity index is 1140. The highest BCUT2D eigenvalue weighted by Gasteiger charge is 2.23. The molecule has 0 atom stereocenters. The van der Waals surface area contributed by atoms with E-state index < -0.39 is 0 Å². The Morgan fingerprint density at radius 3 is 2.36 bits per heavy atom. The number of amides is 1. The number of rotatable bonds is 2. The van der Waals surface area contributed by atoms with Crippen molar-refractivity contribution in [3.63, 3.8) is 0 Å². The fourth-order valence-corrected chi connectivity index (χ4v) is 3.76. The molecule has 0 aromatic heterocycles. The predicted molar refractivity (Wildman–Crippen MR) is 122 cm³/mol. The van der Waals surface area contributed by atoms with E-state index in [2.05, 4.69) is 37.2 Å². The fraction of sp³-hybridized carbons (Fsp3) is 0. The lowest BCUT2D eigenvalue weighted by Crippen LogP contribution is -2.12. The molecule has 28 heavy (non-hydrogen) atoms. The molecule has 0 saturated heterocycles. The lowest BCUT2D eigenvalue weighted by molar-refractivity contribution is -0.112. The number of fused-ring (bicyclic) bond motifs is 1. The molecule has 0 aliphatic carbocycles. The van der Waals surface area contributed by atoms with E-state index in [0.29, 0.717) is 22.1 Å². The van der Waals surface area contributed by atoms with Gasteiger partial charge in [-0.25, -0.2) is 4.99 Å². The van der Waals surface area contributed by atoms with Crippen LogP contribution in [0.3, 0.4) is 0 Å². The van der Waals surface area contributed by atoms with Crippen LogP contribution in [0, 0.1) is 0 Å². The number of carbonyl (C=O) groups excluding carboxylic acids is 1. The fourth-order valence-electron chi connectivity index (χ4n) is 2.91. The molecule has 0 saturated carbocycles. The van der Waals surface area contributed by atoms with Gasteiger partial charge in [0.05, 0.1) is 11.4 Å². The molecule has 1 heterocycles. The van der Waals surface area contributed by atoms with Crippen molar-refractivity contribution < 1.29 is 4.79 Å². The van der Waals surface area contributed by atoms with Crippen molar-refractivity contribution in [1.82, 2.24) is 0 Å². The quantitative estimate of drug-likeness (QED) is 0.379.